The lowest BCUT2D eigenvalue weighted by molar-refractivity contribution is 0.660. The summed E-state index contributed by atoms with van der Waals surface area (Å²) in [6.45, 7) is 4.78. The molecule has 0 aromatic heterocycles. The van der Waals surface area contributed by atoms with E-state index in [1.807, 2.05) is 0 Å². The molecule has 0 saturated heterocycles. The zero-order valence-corrected chi connectivity index (χ0v) is 33.2. The number of nitrogens with zero attached hydrogens (tertiary/aromatic N) is 1. The molecule has 3 aliphatic rings. The second kappa shape index (κ2) is 12.6. The molecule has 9 aromatic carbocycles. The summed E-state index contributed by atoms with van der Waals surface area (Å²) >= 11 is 0. The van der Waals surface area contributed by atoms with Crippen LogP contribution in [-0.4, -0.2) is 0 Å². The maximum atomic E-state index is 2.50. The summed E-state index contributed by atoms with van der Waals surface area (Å²) in [6, 6.07) is 79.1. The molecule has 59 heavy (non-hydrogen) atoms. The van der Waals surface area contributed by atoms with Crippen LogP contribution in [0.5, 0.6) is 0 Å². The Morgan fingerprint density at radius 1 is 0.271 bits per heavy atom. The Bertz CT molecular complexity index is 3050. The molecular formula is C58H41N. The largest absolute Gasteiger partial charge is 0.310 e. The van der Waals surface area contributed by atoms with Crippen LogP contribution in [0.2, 0.25) is 0 Å². The molecule has 0 unspecified atom stereocenters. The molecule has 1 nitrogen and oxygen atoms in total. The summed E-state index contributed by atoms with van der Waals surface area (Å²) < 4.78 is 0. The van der Waals surface area contributed by atoms with Gasteiger partial charge >= 0.3 is 0 Å². The second-order valence-electron chi connectivity index (χ2n) is 16.8. The minimum atomic E-state index is -0.421. The predicted octanol–water partition coefficient (Wildman–Crippen LogP) is 15.1. The van der Waals surface area contributed by atoms with Gasteiger partial charge in [-0.15, -0.1) is 0 Å². The Kier molecular flexibility index (Phi) is 7.26. The zero-order chi connectivity index (χ0) is 39.3. The highest BCUT2D eigenvalue weighted by molar-refractivity contribution is 5.97. The zero-order valence-electron chi connectivity index (χ0n) is 33.2. The molecule has 0 N–H and O–H groups in total. The van der Waals surface area contributed by atoms with Gasteiger partial charge < -0.3 is 4.90 Å². The van der Waals surface area contributed by atoms with E-state index >= 15 is 0 Å². The summed E-state index contributed by atoms with van der Waals surface area (Å²) in [5.41, 5.74) is 23.8. The highest BCUT2D eigenvalue weighted by Gasteiger charge is 2.51. The summed E-state index contributed by atoms with van der Waals surface area (Å²) in [7, 11) is 0. The smallest absolute Gasteiger partial charge is 0.0726 e. The van der Waals surface area contributed by atoms with Crippen LogP contribution in [-0.2, 0) is 10.8 Å². The third kappa shape index (κ3) is 4.79. The molecule has 0 heterocycles. The maximum Gasteiger partial charge on any atom is 0.0726 e. The van der Waals surface area contributed by atoms with Gasteiger partial charge in [0.15, 0.2) is 0 Å². The van der Waals surface area contributed by atoms with Crippen molar-refractivity contribution in [1.82, 2.24) is 0 Å². The Labute approximate surface area is 346 Å². The molecule has 0 atom stereocenters. The summed E-state index contributed by atoms with van der Waals surface area (Å²) in [4.78, 5) is 2.48. The van der Waals surface area contributed by atoms with Crippen LogP contribution in [0.1, 0.15) is 47.2 Å². The standard InChI is InChI=1S/C58H41N/c1-57(2)54-35-41(39-17-7-4-8-18-39)27-32-48(54)49-33-30-43(36-55(49)57)59(42-28-25-40(26-29-42)38-15-5-3-6-16-38)44-31-34-50-47-21-11-14-24-53(47)58(56(50)37-44)51-22-12-9-19-45(51)46-20-10-13-23-52(46)58/h3-37H,1-2H3. The summed E-state index contributed by atoms with van der Waals surface area (Å²) in [5.74, 6) is 0. The summed E-state index contributed by atoms with van der Waals surface area (Å²) in [6.07, 6.45) is 0. The molecule has 0 saturated carbocycles. The van der Waals surface area contributed by atoms with Crippen molar-refractivity contribution < 1.29 is 0 Å². The minimum absolute atomic E-state index is 0.185. The fourth-order valence-corrected chi connectivity index (χ4v) is 10.8. The quantitative estimate of drug-likeness (QED) is 0.169. The normalized spacial score (nSPS) is 14.2. The van der Waals surface area contributed by atoms with Crippen molar-refractivity contribution in [3.63, 3.8) is 0 Å². The first kappa shape index (κ1) is 33.9. The number of benzene rings is 9. The van der Waals surface area contributed by atoms with Crippen molar-refractivity contribution in [2.75, 3.05) is 4.90 Å². The first-order valence-electron chi connectivity index (χ1n) is 20.8. The van der Waals surface area contributed by atoms with Gasteiger partial charge in [0, 0.05) is 22.5 Å². The van der Waals surface area contributed by atoms with Crippen molar-refractivity contribution in [2.45, 2.75) is 24.7 Å². The predicted molar refractivity (Wildman–Crippen MR) is 246 cm³/mol. The molecule has 0 fully saturated rings. The molecule has 278 valence electrons. The number of hydrogen-bond donors (Lipinski definition) is 0. The fraction of sp³-hybridized carbons (Fsp3) is 0.0690. The lowest BCUT2D eigenvalue weighted by atomic mass is 9.70. The van der Waals surface area contributed by atoms with E-state index in [1.165, 1.54) is 89.0 Å². The van der Waals surface area contributed by atoms with Gasteiger partial charge in [0.25, 0.3) is 0 Å². The first-order chi connectivity index (χ1) is 29.0. The lowest BCUT2D eigenvalue weighted by Gasteiger charge is -2.32. The lowest BCUT2D eigenvalue weighted by Crippen LogP contribution is -2.26. The number of anilines is 3. The molecule has 1 heteroatoms. The average Bonchev–Trinajstić information content (AvgIpc) is 3.85. The van der Waals surface area contributed by atoms with Gasteiger partial charge in [-0.1, -0.05) is 184 Å². The van der Waals surface area contributed by atoms with Gasteiger partial charge in [0.05, 0.1) is 5.41 Å². The van der Waals surface area contributed by atoms with E-state index in [-0.39, 0.29) is 5.41 Å². The molecule has 9 aromatic rings. The van der Waals surface area contributed by atoms with Crippen LogP contribution in [0.4, 0.5) is 17.1 Å². The third-order valence-electron chi connectivity index (χ3n) is 13.5. The average molecular weight is 752 g/mol. The minimum Gasteiger partial charge on any atom is -0.310 e. The Balaban J connectivity index is 1.06. The number of fused-ring (bicyclic) bond motifs is 13. The molecule has 3 aliphatic carbocycles. The molecule has 0 amide bonds. The second-order valence-corrected chi connectivity index (χ2v) is 16.8. The molecular weight excluding hydrogens is 711 g/mol. The SMILES string of the molecule is CC1(C)c2cc(-c3ccccc3)ccc2-c2ccc(N(c3ccc(-c4ccccc4)cc3)c3ccc4c(c3)C3(c5ccccc5-c5ccccc53)c3ccccc3-4)cc21. The monoisotopic (exact) mass is 751 g/mol. The Morgan fingerprint density at radius 2 is 0.627 bits per heavy atom. The van der Waals surface area contributed by atoms with Crippen LogP contribution < -0.4 is 4.90 Å². The van der Waals surface area contributed by atoms with Crippen LogP contribution in [0.15, 0.2) is 212 Å². The third-order valence-corrected chi connectivity index (χ3v) is 13.5. The molecule has 0 radical (unpaired) electrons. The van der Waals surface area contributed by atoms with Crippen LogP contribution in [0.3, 0.4) is 0 Å². The van der Waals surface area contributed by atoms with E-state index in [9.17, 15) is 0 Å². The highest BCUT2D eigenvalue weighted by Crippen LogP contribution is 2.63. The van der Waals surface area contributed by atoms with Gasteiger partial charge in [-0.3, -0.25) is 0 Å². The van der Waals surface area contributed by atoms with E-state index in [2.05, 4.69) is 231 Å². The maximum absolute atomic E-state index is 2.50. The van der Waals surface area contributed by atoms with Crippen molar-refractivity contribution in [1.29, 1.82) is 0 Å². The molecule has 12 rings (SSSR count). The van der Waals surface area contributed by atoms with E-state index in [4.69, 9.17) is 0 Å². The molecule has 1 spiro atoms. The van der Waals surface area contributed by atoms with Crippen molar-refractivity contribution in [2.24, 2.45) is 0 Å². The van der Waals surface area contributed by atoms with Crippen LogP contribution >= 0.6 is 0 Å². The molecule has 0 bridgehead atoms. The number of hydrogen-bond acceptors (Lipinski definition) is 1. The van der Waals surface area contributed by atoms with Crippen molar-refractivity contribution in [3.8, 4) is 55.6 Å². The van der Waals surface area contributed by atoms with Gasteiger partial charge in [-0.2, -0.15) is 0 Å². The van der Waals surface area contributed by atoms with Crippen molar-refractivity contribution >= 4 is 17.1 Å². The highest BCUT2D eigenvalue weighted by atomic mass is 15.1. The van der Waals surface area contributed by atoms with E-state index < -0.39 is 5.41 Å². The van der Waals surface area contributed by atoms with Crippen LogP contribution in [0.25, 0.3) is 55.6 Å². The van der Waals surface area contributed by atoms with E-state index in [0.29, 0.717) is 0 Å². The fourth-order valence-electron chi connectivity index (χ4n) is 10.8. The van der Waals surface area contributed by atoms with Crippen molar-refractivity contribution in [3.05, 3.63) is 246 Å². The number of rotatable bonds is 5. The van der Waals surface area contributed by atoms with Gasteiger partial charge in [0.2, 0.25) is 0 Å². The Morgan fingerprint density at radius 3 is 1.17 bits per heavy atom. The Hall–Kier alpha value is -7.22. The van der Waals surface area contributed by atoms with E-state index in [0.717, 1.165) is 17.1 Å². The van der Waals surface area contributed by atoms with Crippen LogP contribution in [0, 0.1) is 0 Å². The van der Waals surface area contributed by atoms with Gasteiger partial charge in [0.1, 0.15) is 0 Å². The molecule has 0 aliphatic heterocycles. The van der Waals surface area contributed by atoms with E-state index in [1.54, 1.807) is 0 Å². The first-order valence-corrected chi connectivity index (χ1v) is 20.8. The van der Waals surface area contributed by atoms with Gasteiger partial charge in [-0.05, 0) is 131 Å². The summed E-state index contributed by atoms with van der Waals surface area (Å²) in [5, 5.41) is 0. The topological polar surface area (TPSA) is 3.24 Å². The van der Waals surface area contributed by atoms with Gasteiger partial charge in [-0.25, -0.2) is 0 Å².